The van der Waals surface area contributed by atoms with Gasteiger partial charge in [0.1, 0.15) is 0 Å². The van der Waals surface area contributed by atoms with E-state index in [1.54, 1.807) is 4.90 Å². The normalized spacial score (nSPS) is 17.0. The number of rotatable bonds is 2. The highest BCUT2D eigenvalue weighted by Gasteiger charge is 2.32. The van der Waals surface area contributed by atoms with Crippen LogP contribution < -0.4 is 5.73 Å². The van der Waals surface area contributed by atoms with Gasteiger partial charge in [-0.1, -0.05) is 6.92 Å². The van der Waals surface area contributed by atoms with Gasteiger partial charge in [0.05, 0.1) is 11.1 Å². The van der Waals surface area contributed by atoms with Crippen molar-refractivity contribution in [3.05, 3.63) is 29.3 Å². The Morgan fingerprint density at radius 2 is 1.86 bits per heavy atom. The molecule has 0 atom stereocenters. The third-order valence-electron chi connectivity index (χ3n) is 3.72. The Morgan fingerprint density at radius 1 is 1.24 bits per heavy atom. The van der Waals surface area contributed by atoms with Gasteiger partial charge in [0.2, 0.25) is 0 Å². The fourth-order valence-electron chi connectivity index (χ4n) is 2.37. The van der Waals surface area contributed by atoms with E-state index in [0.29, 0.717) is 13.1 Å². The molecule has 1 aliphatic heterocycles. The van der Waals surface area contributed by atoms with E-state index < -0.39 is 11.7 Å². The zero-order valence-electron chi connectivity index (χ0n) is 11.8. The number of amides is 1. The van der Waals surface area contributed by atoms with Gasteiger partial charge in [-0.05, 0) is 24.7 Å². The van der Waals surface area contributed by atoms with Crippen LogP contribution in [0.3, 0.4) is 0 Å². The van der Waals surface area contributed by atoms with Crippen molar-refractivity contribution in [2.24, 2.45) is 0 Å². The molecule has 2 N–H and O–H groups in total. The van der Waals surface area contributed by atoms with Crippen molar-refractivity contribution in [2.75, 3.05) is 38.5 Å². The van der Waals surface area contributed by atoms with E-state index >= 15 is 0 Å². The first-order valence-electron chi connectivity index (χ1n) is 6.81. The molecule has 1 aliphatic rings. The van der Waals surface area contributed by atoms with Crippen molar-refractivity contribution in [1.82, 2.24) is 9.80 Å². The Kier molecular flexibility index (Phi) is 4.41. The number of halogens is 3. The van der Waals surface area contributed by atoms with Gasteiger partial charge in [0.15, 0.2) is 0 Å². The SMILES string of the molecule is CCN1CCN(C(=O)c2ccc(C(F)(F)F)cc2N)CC1. The van der Waals surface area contributed by atoms with E-state index in [0.717, 1.165) is 37.8 Å². The van der Waals surface area contributed by atoms with Crippen LogP contribution in [-0.4, -0.2) is 48.4 Å². The molecule has 0 spiro atoms. The van der Waals surface area contributed by atoms with Gasteiger partial charge >= 0.3 is 6.18 Å². The number of likely N-dealkylation sites (N-methyl/N-ethyl adjacent to an activating group) is 1. The number of hydrogen-bond donors (Lipinski definition) is 1. The lowest BCUT2D eigenvalue weighted by atomic mass is 10.1. The molecule has 4 nitrogen and oxygen atoms in total. The summed E-state index contributed by atoms with van der Waals surface area (Å²) in [7, 11) is 0. The van der Waals surface area contributed by atoms with Crippen LogP contribution in [0.2, 0.25) is 0 Å². The summed E-state index contributed by atoms with van der Waals surface area (Å²) in [5, 5.41) is 0. The molecule has 0 bridgehead atoms. The Balaban J connectivity index is 2.13. The molecule has 116 valence electrons. The molecule has 1 fully saturated rings. The lowest BCUT2D eigenvalue weighted by Gasteiger charge is -2.34. The molecule has 21 heavy (non-hydrogen) atoms. The summed E-state index contributed by atoms with van der Waals surface area (Å²) in [6.45, 7) is 5.63. The number of piperazine rings is 1. The second-order valence-corrected chi connectivity index (χ2v) is 5.03. The fourth-order valence-corrected chi connectivity index (χ4v) is 2.37. The number of nitrogen functional groups attached to an aromatic ring is 1. The van der Waals surface area contributed by atoms with E-state index in [-0.39, 0.29) is 17.2 Å². The molecule has 1 aromatic rings. The summed E-state index contributed by atoms with van der Waals surface area (Å²) in [4.78, 5) is 16.2. The molecule has 1 heterocycles. The van der Waals surface area contributed by atoms with Crippen LogP contribution >= 0.6 is 0 Å². The second-order valence-electron chi connectivity index (χ2n) is 5.03. The summed E-state index contributed by atoms with van der Waals surface area (Å²) in [6.07, 6.45) is -4.46. The van der Waals surface area contributed by atoms with E-state index in [9.17, 15) is 18.0 Å². The molecule has 1 saturated heterocycles. The maximum atomic E-state index is 12.6. The highest BCUT2D eigenvalue weighted by Crippen LogP contribution is 2.31. The predicted octanol–water partition coefficient (Wildman–Crippen LogP) is 2.07. The molecule has 1 amide bonds. The van der Waals surface area contributed by atoms with Gasteiger partial charge in [0, 0.05) is 31.9 Å². The van der Waals surface area contributed by atoms with Crippen molar-refractivity contribution >= 4 is 11.6 Å². The standard InChI is InChI=1S/C14H18F3N3O/c1-2-19-5-7-20(8-6-19)13(21)11-4-3-10(9-12(11)18)14(15,16)17/h3-4,9H,2,5-8,18H2,1H3. The predicted molar refractivity (Wildman–Crippen MR) is 73.9 cm³/mol. The minimum atomic E-state index is -4.46. The van der Waals surface area contributed by atoms with Crippen molar-refractivity contribution in [1.29, 1.82) is 0 Å². The molecule has 0 saturated carbocycles. The van der Waals surface area contributed by atoms with Crippen LogP contribution in [0.5, 0.6) is 0 Å². The molecule has 0 radical (unpaired) electrons. The van der Waals surface area contributed by atoms with Gasteiger partial charge in [-0.25, -0.2) is 0 Å². The van der Waals surface area contributed by atoms with Gasteiger partial charge in [-0.15, -0.1) is 0 Å². The summed E-state index contributed by atoms with van der Waals surface area (Å²) >= 11 is 0. The summed E-state index contributed by atoms with van der Waals surface area (Å²) < 4.78 is 37.7. The summed E-state index contributed by atoms with van der Waals surface area (Å²) in [6, 6.07) is 2.87. The zero-order valence-corrected chi connectivity index (χ0v) is 11.8. The van der Waals surface area contributed by atoms with Crippen LogP contribution in [-0.2, 0) is 6.18 Å². The molecule has 0 aliphatic carbocycles. The fraction of sp³-hybridized carbons (Fsp3) is 0.500. The topological polar surface area (TPSA) is 49.6 Å². The van der Waals surface area contributed by atoms with Gasteiger partial charge in [-0.2, -0.15) is 13.2 Å². The number of nitrogens with zero attached hydrogens (tertiary/aromatic N) is 2. The number of carbonyl (C=O) groups is 1. The number of nitrogens with two attached hydrogens (primary N) is 1. The van der Waals surface area contributed by atoms with Crippen LogP contribution in [0.25, 0.3) is 0 Å². The van der Waals surface area contributed by atoms with Gasteiger partial charge in [0.25, 0.3) is 5.91 Å². The molecule has 0 aromatic heterocycles. The molecule has 7 heteroatoms. The highest BCUT2D eigenvalue weighted by atomic mass is 19.4. The largest absolute Gasteiger partial charge is 0.416 e. The Morgan fingerprint density at radius 3 is 2.33 bits per heavy atom. The Labute approximate surface area is 121 Å². The maximum Gasteiger partial charge on any atom is 0.416 e. The smallest absolute Gasteiger partial charge is 0.398 e. The van der Waals surface area contributed by atoms with E-state index in [4.69, 9.17) is 5.73 Å². The third kappa shape index (κ3) is 3.47. The number of alkyl halides is 3. The molecule has 2 rings (SSSR count). The minimum absolute atomic E-state index is 0.132. The van der Waals surface area contributed by atoms with Crippen LogP contribution in [0.4, 0.5) is 18.9 Å². The van der Waals surface area contributed by atoms with E-state index in [1.807, 2.05) is 6.92 Å². The number of anilines is 1. The first-order valence-corrected chi connectivity index (χ1v) is 6.81. The van der Waals surface area contributed by atoms with Crippen molar-refractivity contribution in [3.63, 3.8) is 0 Å². The zero-order chi connectivity index (χ0) is 15.6. The first kappa shape index (κ1) is 15.6. The monoisotopic (exact) mass is 301 g/mol. The van der Waals surface area contributed by atoms with Gasteiger partial charge in [-0.3, -0.25) is 4.79 Å². The Bertz CT molecular complexity index is 523. The van der Waals surface area contributed by atoms with Crippen molar-refractivity contribution in [3.8, 4) is 0 Å². The number of carbonyl (C=O) groups excluding carboxylic acids is 1. The minimum Gasteiger partial charge on any atom is -0.398 e. The third-order valence-corrected chi connectivity index (χ3v) is 3.72. The Hall–Kier alpha value is -1.76. The van der Waals surface area contributed by atoms with Gasteiger partial charge < -0.3 is 15.5 Å². The second kappa shape index (κ2) is 5.93. The van der Waals surface area contributed by atoms with Crippen molar-refractivity contribution < 1.29 is 18.0 Å². The molecular weight excluding hydrogens is 283 g/mol. The molecular formula is C14H18F3N3O. The van der Waals surface area contributed by atoms with E-state index in [1.165, 1.54) is 0 Å². The first-order chi connectivity index (χ1) is 9.82. The lowest BCUT2D eigenvalue weighted by molar-refractivity contribution is -0.137. The quantitative estimate of drug-likeness (QED) is 0.851. The van der Waals surface area contributed by atoms with Crippen LogP contribution in [0.15, 0.2) is 18.2 Å². The van der Waals surface area contributed by atoms with Crippen LogP contribution in [0.1, 0.15) is 22.8 Å². The van der Waals surface area contributed by atoms with Crippen molar-refractivity contribution in [2.45, 2.75) is 13.1 Å². The maximum absolute atomic E-state index is 12.6. The number of hydrogen-bond acceptors (Lipinski definition) is 3. The van der Waals surface area contributed by atoms with Crippen LogP contribution in [0, 0.1) is 0 Å². The summed E-state index contributed by atoms with van der Waals surface area (Å²) in [5.41, 5.74) is 4.78. The van der Waals surface area contributed by atoms with E-state index in [2.05, 4.69) is 4.90 Å². The average Bonchev–Trinajstić information content (AvgIpc) is 2.45. The summed E-state index contributed by atoms with van der Waals surface area (Å²) in [5.74, 6) is -0.308. The lowest BCUT2D eigenvalue weighted by Crippen LogP contribution is -2.48. The molecule has 1 aromatic carbocycles. The average molecular weight is 301 g/mol. The molecule has 0 unspecified atom stereocenters. The number of benzene rings is 1. The highest BCUT2D eigenvalue weighted by molar-refractivity contribution is 5.99.